The molecule has 0 saturated heterocycles. The Balaban J connectivity index is 1.78. The Labute approximate surface area is 170 Å². The molecule has 28 heavy (non-hydrogen) atoms. The third-order valence-electron chi connectivity index (χ3n) is 3.36. The predicted molar refractivity (Wildman–Crippen MR) is 117 cm³/mol. The minimum atomic E-state index is -0.275. The Hall–Kier alpha value is -2.80. The SMILES string of the molecule is CC(C)(C)NC(=O)COc1ccc(C=NN=C(N)SCc2ccccc2)cc1. The number of nitrogens with zero attached hydrogens (tertiary/aromatic N) is 2. The fourth-order valence-electron chi connectivity index (χ4n) is 2.17. The first-order chi connectivity index (χ1) is 13.3. The maximum absolute atomic E-state index is 11.8. The largest absolute Gasteiger partial charge is 0.484 e. The summed E-state index contributed by atoms with van der Waals surface area (Å²) >= 11 is 1.44. The van der Waals surface area contributed by atoms with E-state index in [0.717, 1.165) is 11.3 Å². The molecule has 1 amide bonds. The second-order valence-corrected chi connectivity index (χ2v) is 8.11. The van der Waals surface area contributed by atoms with E-state index in [1.807, 2.05) is 63.2 Å². The zero-order valence-corrected chi connectivity index (χ0v) is 17.2. The Kier molecular flexibility index (Phi) is 8.07. The van der Waals surface area contributed by atoms with Gasteiger partial charge in [-0.15, -0.1) is 5.10 Å². The van der Waals surface area contributed by atoms with Crippen molar-refractivity contribution < 1.29 is 9.53 Å². The zero-order valence-electron chi connectivity index (χ0n) is 16.4. The summed E-state index contributed by atoms with van der Waals surface area (Å²) in [6, 6.07) is 17.3. The van der Waals surface area contributed by atoms with E-state index in [1.165, 1.54) is 17.3 Å². The van der Waals surface area contributed by atoms with Gasteiger partial charge in [-0.1, -0.05) is 42.1 Å². The molecule has 0 aromatic heterocycles. The molecule has 0 radical (unpaired) electrons. The lowest BCUT2D eigenvalue weighted by Crippen LogP contribution is -2.43. The minimum Gasteiger partial charge on any atom is -0.484 e. The molecule has 3 N–H and O–H groups in total. The maximum Gasteiger partial charge on any atom is 0.258 e. The van der Waals surface area contributed by atoms with Crippen LogP contribution >= 0.6 is 11.8 Å². The number of thioether (sulfide) groups is 1. The summed E-state index contributed by atoms with van der Waals surface area (Å²) in [6.45, 7) is 5.75. The standard InChI is InChI=1S/C21H26N4O2S/c1-21(2,3)24-19(26)14-27-18-11-9-16(10-12-18)13-23-25-20(22)28-15-17-7-5-4-6-8-17/h4-13H,14-15H2,1-3H3,(H2,22,25)(H,24,26). The van der Waals surface area contributed by atoms with E-state index < -0.39 is 0 Å². The normalized spacial score (nSPS) is 12.2. The fraction of sp³-hybridized carbons (Fsp3) is 0.286. The summed E-state index contributed by atoms with van der Waals surface area (Å²) in [5.74, 6) is 1.21. The number of hydrogen-bond acceptors (Lipinski definition) is 5. The number of carbonyl (C=O) groups is 1. The molecule has 2 aromatic carbocycles. The maximum atomic E-state index is 11.8. The van der Waals surface area contributed by atoms with Gasteiger partial charge in [-0.3, -0.25) is 4.79 Å². The first-order valence-electron chi connectivity index (χ1n) is 8.89. The van der Waals surface area contributed by atoms with Gasteiger partial charge in [0.2, 0.25) is 0 Å². The molecule has 0 aliphatic rings. The van der Waals surface area contributed by atoms with Crippen LogP contribution in [0.15, 0.2) is 64.8 Å². The molecule has 0 fully saturated rings. The van der Waals surface area contributed by atoms with Crippen LogP contribution in [-0.2, 0) is 10.5 Å². The lowest BCUT2D eigenvalue weighted by molar-refractivity contribution is -0.124. The second-order valence-electron chi connectivity index (χ2n) is 7.11. The zero-order chi connectivity index (χ0) is 20.4. The number of rotatable bonds is 7. The van der Waals surface area contributed by atoms with Crippen molar-refractivity contribution in [2.45, 2.75) is 32.1 Å². The quantitative estimate of drug-likeness (QED) is 0.424. The average Bonchev–Trinajstić information content (AvgIpc) is 2.65. The van der Waals surface area contributed by atoms with E-state index in [1.54, 1.807) is 18.3 Å². The molecule has 0 aliphatic heterocycles. The van der Waals surface area contributed by atoms with Gasteiger partial charge in [-0.05, 0) is 56.2 Å². The second kappa shape index (κ2) is 10.5. The topological polar surface area (TPSA) is 89.1 Å². The predicted octanol–water partition coefficient (Wildman–Crippen LogP) is 3.56. The molecule has 0 bridgehead atoms. The summed E-state index contributed by atoms with van der Waals surface area (Å²) in [5.41, 5.74) is 7.63. The molecule has 0 heterocycles. The van der Waals surface area contributed by atoms with Gasteiger partial charge in [0.05, 0.1) is 6.21 Å². The number of nitrogens with one attached hydrogen (secondary N) is 1. The molecule has 0 atom stereocenters. The summed E-state index contributed by atoms with van der Waals surface area (Å²) in [6.07, 6.45) is 1.62. The minimum absolute atomic E-state index is 0.0236. The molecule has 148 valence electrons. The molecule has 2 aromatic rings. The molecule has 7 heteroatoms. The number of ether oxygens (including phenoxy) is 1. The van der Waals surface area contributed by atoms with Crippen molar-refractivity contribution in [2.75, 3.05) is 6.61 Å². The first kappa shape index (κ1) is 21.5. The molecule has 2 rings (SSSR count). The van der Waals surface area contributed by atoms with Crippen molar-refractivity contribution >= 4 is 29.1 Å². The van der Waals surface area contributed by atoms with Gasteiger partial charge in [0.1, 0.15) is 5.75 Å². The monoisotopic (exact) mass is 398 g/mol. The van der Waals surface area contributed by atoms with Gasteiger partial charge in [-0.25, -0.2) is 0 Å². The molecular formula is C21H26N4O2S. The van der Waals surface area contributed by atoms with Crippen LogP contribution in [0, 0.1) is 0 Å². The van der Waals surface area contributed by atoms with Gasteiger partial charge < -0.3 is 15.8 Å². The van der Waals surface area contributed by atoms with Crippen molar-refractivity contribution in [2.24, 2.45) is 15.9 Å². The van der Waals surface area contributed by atoms with Crippen molar-refractivity contribution in [3.8, 4) is 5.75 Å². The van der Waals surface area contributed by atoms with Crippen molar-refractivity contribution in [1.29, 1.82) is 0 Å². The van der Waals surface area contributed by atoms with Gasteiger partial charge in [0.25, 0.3) is 5.91 Å². The van der Waals surface area contributed by atoms with E-state index in [0.29, 0.717) is 10.9 Å². The Bertz CT molecular complexity index is 813. The van der Waals surface area contributed by atoms with Crippen molar-refractivity contribution in [3.63, 3.8) is 0 Å². The number of amides is 1. The summed E-state index contributed by atoms with van der Waals surface area (Å²) < 4.78 is 5.48. The lowest BCUT2D eigenvalue weighted by Gasteiger charge is -2.20. The summed E-state index contributed by atoms with van der Waals surface area (Å²) in [7, 11) is 0. The van der Waals surface area contributed by atoms with E-state index in [-0.39, 0.29) is 18.1 Å². The Morgan fingerprint density at radius 2 is 1.82 bits per heavy atom. The Morgan fingerprint density at radius 1 is 1.14 bits per heavy atom. The van der Waals surface area contributed by atoms with Crippen molar-refractivity contribution in [1.82, 2.24) is 5.32 Å². The van der Waals surface area contributed by atoms with Crippen LogP contribution < -0.4 is 15.8 Å². The van der Waals surface area contributed by atoms with E-state index in [2.05, 4.69) is 15.5 Å². The summed E-state index contributed by atoms with van der Waals surface area (Å²) in [4.78, 5) is 11.8. The number of benzene rings is 2. The number of amidine groups is 1. The third-order valence-corrected chi connectivity index (χ3v) is 4.21. The lowest BCUT2D eigenvalue weighted by atomic mass is 10.1. The highest BCUT2D eigenvalue weighted by molar-refractivity contribution is 8.13. The number of hydrogen-bond donors (Lipinski definition) is 2. The molecule has 0 spiro atoms. The highest BCUT2D eigenvalue weighted by atomic mass is 32.2. The fourth-order valence-corrected chi connectivity index (χ4v) is 2.78. The number of nitrogens with two attached hydrogens (primary N) is 1. The number of carbonyl (C=O) groups excluding carboxylic acids is 1. The summed E-state index contributed by atoms with van der Waals surface area (Å²) in [5, 5.41) is 11.3. The van der Waals surface area contributed by atoms with Crippen LogP contribution in [-0.4, -0.2) is 29.4 Å². The van der Waals surface area contributed by atoms with Crippen LogP contribution in [0.3, 0.4) is 0 Å². The van der Waals surface area contributed by atoms with Crippen LogP contribution in [0.25, 0.3) is 0 Å². The van der Waals surface area contributed by atoms with E-state index >= 15 is 0 Å². The van der Waals surface area contributed by atoms with Gasteiger partial charge >= 0.3 is 0 Å². The average molecular weight is 399 g/mol. The van der Waals surface area contributed by atoms with Gasteiger partial charge in [0.15, 0.2) is 11.8 Å². The molecule has 0 unspecified atom stereocenters. The van der Waals surface area contributed by atoms with Gasteiger partial charge in [0, 0.05) is 11.3 Å². The van der Waals surface area contributed by atoms with E-state index in [9.17, 15) is 4.79 Å². The highest BCUT2D eigenvalue weighted by Crippen LogP contribution is 2.13. The highest BCUT2D eigenvalue weighted by Gasteiger charge is 2.13. The van der Waals surface area contributed by atoms with Crippen LogP contribution in [0.2, 0.25) is 0 Å². The molecule has 0 saturated carbocycles. The third kappa shape index (κ3) is 8.73. The Morgan fingerprint density at radius 3 is 2.46 bits per heavy atom. The molecule has 0 aliphatic carbocycles. The van der Waals surface area contributed by atoms with E-state index in [4.69, 9.17) is 10.5 Å². The van der Waals surface area contributed by atoms with Crippen LogP contribution in [0.4, 0.5) is 0 Å². The smallest absolute Gasteiger partial charge is 0.258 e. The molecular weight excluding hydrogens is 372 g/mol. The molecule has 6 nitrogen and oxygen atoms in total. The first-order valence-corrected chi connectivity index (χ1v) is 9.87. The van der Waals surface area contributed by atoms with Gasteiger partial charge in [-0.2, -0.15) is 5.10 Å². The van der Waals surface area contributed by atoms with Crippen LogP contribution in [0.1, 0.15) is 31.9 Å². The van der Waals surface area contributed by atoms with Crippen LogP contribution in [0.5, 0.6) is 5.75 Å². The van der Waals surface area contributed by atoms with Crippen molar-refractivity contribution in [3.05, 3.63) is 65.7 Å².